The van der Waals surface area contributed by atoms with Crippen LogP contribution in [0.3, 0.4) is 0 Å². The summed E-state index contributed by atoms with van der Waals surface area (Å²) in [6.07, 6.45) is -0.567. The maximum absolute atomic E-state index is 13.0. The van der Waals surface area contributed by atoms with Gasteiger partial charge in [0.05, 0.1) is 23.6 Å². The summed E-state index contributed by atoms with van der Waals surface area (Å²) in [6.45, 7) is 6.15. The Morgan fingerprint density at radius 2 is 1.82 bits per heavy atom. The number of hydrogen-bond donors (Lipinski definition) is 1. The average molecular weight is 534 g/mol. The highest BCUT2D eigenvalue weighted by atomic mass is 32.2. The summed E-state index contributed by atoms with van der Waals surface area (Å²) < 4.78 is 33.8. The van der Waals surface area contributed by atoms with E-state index in [0.717, 1.165) is 16.7 Å². The van der Waals surface area contributed by atoms with Crippen LogP contribution in [-0.2, 0) is 30.9 Å². The average Bonchev–Trinajstić information content (AvgIpc) is 3.31. The van der Waals surface area contributed by atoms with Gasteiger partial charge in [-0.1, -0.05) is 54.6 Å². The highest BCUT2D eigenvalue weighted by molar-refractivity contribution is 7.89. The van der Waals surface area contributed by atoms with Gasteiger partial charge in [0.25, 0.3) is 0 Å². The molecule has 1 saturated heterocycles. The Balaban J connectivity index is 1.54. The lowest BCUT2D eigenvalue weighted by molar-refractivity contribution is -0.161. The van der Waals surface area contributed by atoms with E-state index in [-0.39, 0.29) is 10.9 Å². The number of esters is 1. The van der Waals surface area contributed by atoms with Crippen LogP contribution >= 0.6 is 0 Å². The highest BCUT2D eigenvalue weighted by Gasteiger charge is 2.41. The first-order valence-corrected chi connectivity index (χ1v) is 13.7. The Kier molecular flexibility index (Phi) is 7.99. The van der Waals surface area contributed by atoms with Crippen molar-refractivity contribution in [3.05, 3.63) is 89.5 Å². The number of ether oxygens (including phenoxy) is 1. The molecule has 0 aliphatic carbocycles. The predicted octanol–water partition coefficient (Wildman–Crippen LogP) is 4.58. The van der Waals surface area contributed by atoms with Crippen molar-refractivity contribution < 1.29 is 22.8 Å². The highest BCUT2D eigenvalue weighted by Crippen LogP contribution is 2.36. The molecular weight excluding hydrogens is 502 g/mol. The van der Waals surface area contributed by atoms with Crippen molar-refractivity contribution in [3.63, 3.8) is 0 Å². The molecule has 1 N–H and O–H groups in total. The van der Waals surface area contributed by atoms with Gasteiger partial charge in [-0.3, -0.25) is 9.63 Å². The number of hydrogen-bond acceptors (Lipinski definition) is 7. The number of benzene rings is 3. The number of hydroxylamine groups is 2. The molecule has 1 heterocycles. The van der Waals surface area contributed by atoms with Crippen molar-refractivity contribution >= 4 is 16.0 Å². The zero-order valence-corrected chi connectivity index (χ0v) is 22.7. The number of carbonyl (C=O) groups is 1. The Labute approximate surface area is 223 Å². The normalized spacial score (nSPS) is 18.2. The van der Waals surface area contributed by atoms with E-state index < -0.39 is 27.6 Å². The van der Waals surface area contributed by atoms with E-state index >= 15 is 0 Å². The second-order valence-electron chi connectivity index (χ2n) is 10.3. The molecule has 198 valence electrons. The molecule has 1 aliphatic rings. The number of rotatable bonds is 7. The zero-order valence-electron chi connectivity index (χ0n) is 21.8. The van der Waals surface area contributed by atoms with Gasteiger partial charge in [-0.25, -0.2) is 13.1 Å². The van der Waals surface area contributed by atoms with Gasteiger partial charge < -0.3 is 4.74 Å². The van der Waals surface area contributed by atoms with Crippen molar-refractivity contribution in [1.29, 1.82) is 5.26 Å². The van der Waals surface area contributed by atoms with Crippen molar-refractivity contribution in [2.75, 3.05) is 13.7 Å². The summed E-state index contributed by atoms with van der Waals surface area (Å²) in [7, 11) is -2.37. The van der Waals surface area contributed by atoms with Crippen LogP contribution in [0.15, 0.2) is 77.7 Å². The van der Waals surface area contributed by atoms with Crippen LogP contribution < -0.4 is 4.72 Å². The molecule has 0 bridgehead atoms. The predicted molar refractivity (Wildman–Crippen MR) is 143 cm³/mol. The van der Waals surface area contributed by atoms with Gasteiger partial charge >= 0.3 is 5.97 Å². The summed E-state index contributed by atoms with van der Waals surface area (Å²) >= 11 is 0. The van der Waals surface area contributed by atoms with E-state index in [0.29, 0.717) is 24.2 Å². The third kappa shape index (κ3) is 6.29. The molecule has 9 heteroatoms. The summed E-state index contributed by atoms with van der Waals surface area (Å²) in [5, 5.41) is 11.0. The lowest BCUT2D eigenvalue weighted by atomic mass is 9.95. The summed E-state index contributed by atoms with van der Waals surface area (Å²) in [5.41, 5.74) is 2.92. The first kappa shape index (κ1) is 27.5. The molecule has 0 radical (unpaired) electrons. The standard InChI is InChI=1S/C29H31N3O5S/c1-29(2,3)31-38(34,35)26-11-6-5-10-24(26)22-14-12-20(13-15-22)18-32-19-25(28(33)36-4)27(37-32)23-9-7-8-21(16-23)17-30/h5-16,25,27,31H,18-19H2,1-4H3/t25-,27+/m1/s1. The minimum atomic E-state index is -3.72. The molecule has 3 aromatic rings. The minimum Gasteiger partial charge on any atom is -0.469 e. The second kappa shape index (κ2) is 11.1. The van der Waals surface area contributed by atoms with Crippen molar-refractivity contribution in [2.24, 2.45) is 5.92 Å². The molecule has 0 spiro atoms. The van der Waals surface area contributed by atoms with Crippen molar-refractivity contribution in [3.8, 4) is 17.2 Å². The quantitative estimate of drug-likeness (QED) is 0.443. The van der Waals surface area contributed by atoms with Crippen LogP contribution in [0.25, 0.3) is 11.1 Å². The van der Waals surface area contributed by atoms with Gasteiger partial charge in [0.15, 0.2) is 0 Å². The fourth-order valence-corrected chi connectivity index (χ4v) is 6.16. The Morgan fingerprint density at radius 1 is 1.11 bits per heavy atom. The zero-order chi connectivity index (χ0) is 27.5. The number of nitrogens with one attached hydrogen (secondary N) is 1. The van der Waals surface area contributed by atoms with E-state index in [1.807, 2.05) is 36.4 Å². The molecule has 1 fully saturated rings. The van der Waals surface area contributed by atoms with E-state index in [9.17, 15) is 18.5 Å². The number of methoxy groups -OCH3 is 1. The van der Waals surface area contributed by atoms with Gasteiger partial charge in [-0.05, 0) is 55.7 Å². The Morgan fingerprint density at radius 3 is 2.47 bits per heavy atom. The first-order valence-electron chi connectivity index (χ1n) is 12.2. The van der Waals surface area contributed by atoms with Gasteiger partial charge in [0.2, 0.25) is 10.0 Å². The van der Waals surface area contributed by atoms with Gasteiger partial charge in [-0.15, -0.1) is 0 Å². The molecular formula is C29H31N3O5S. The van der Waals surface area contributed by atoms with Crippen LogP contribution in [0.2, 0.25) is 0 Å². The lowest BCUT2D eigenvalue weighted by Crippen LogP contribution is -2.40. The SMILES string of the molecule is COC(=O)[C@@H]1CN(Cc2ccc(-c3ccccc3S(=O)(=O)NC(C)(C)C)cc2)O[C@H]1c1cccc(C#N)c1. The number of nitriles is 1. The van der Waals surface area contributed by atoms with Crippen LogP contribution in [-0.4, -0.2) is 38.6 Å². The Bertz CT molecular complexity index is 1460. The third-order valence-electron chi connectivity index (χ3n) is 6.12. The molecule has 38 heavy (non-hydrogen) atoms. The maximum Gasteiger partial charge on any atom is 0.313 e. The van der Waals surface area contributed by atoms with E-state index in [1.54, 1.807) is 62.2 Å². The number of sulfonamides is 1. The topological polar surface area (TPSA) is 109 Å². The lowest BCUT2D eigenvalue weighted by Gasteiger charge is -2.21. The molecule has 0 unspecified atom stereocenters. The summed E-state index contributed by atoms with van der Waals surface area (Å²) in [4.78, 5) is 18.9. The van der Waals surface area contributed by atoms with Crippen molar-refractivity contribution in [1.82, 2.24) is 9.79 Å². The number of carbonyl (C=O) groups excluding carboxylic acids is 1. The second-order valence-corrected chi connectivity index (χ2v) is 11.9. The largest absolute Gasteiger partial charge is 0.469 e. The maximum atomic E-state index is 13.0. The molecule has 0 aromatic heterocycles. The molecule has 1 aliphatic heterocycles. The van der Waals surface area contributed by atoms with Crippen LogP contribution in [0.1, 0.15) is 43.6 Å². The van der Waals surface area contributed by atoms with Crippen LogP contribution in [0.5, 0.6) is 0 Å². The first-order chi connectivity index (χ1) is 18.0. The van der Waals surface area contributed by atoms with Gasteiger partial charge in [0, 0.05) is 24.2 Å². The monoisotopic (exact) mass is 533 g/mol. The molecule has 0 saturated carbocycles. The fraction of sp³-hybridized carbons (Fsp3) is 0.310. The molecule has 3 aromatic carbocycles. The van der Waals surface area contributed by atoms with E-state index in [4.69, 9.17) is 9.57 Å². The molecule has 2 atom stereocenters. The summed E-state index contributed by atoms with van der Waals surface area (Å²) in [6, 6.07) is 23.6. The molecule has 4 rings (SSSR count). The van der Waals surface area contributed by atoms with Crippen LogP contribution in [0, 0.1) is 17.2 Å². The Hall–Kier alpha value is -3.55. The summed E-state index contributed by atoms with van der Waals surface area (Å²) in [5.74, 6) is -0.919. The number of nitrogens with zero attached hydrogens (tertiary/aromatic N) is 2. The fourth-order valence-electron chi connectivity index (χ4n) is 4.51. The molecule has 0 amide bonds. The van der Waals surface area contributed by atoms with Crippen molar-refractivity contribution in [2.45, 2.75) is 43.9 Å². The minimum absolute atomic E-state index is 0.217. The van der Waals surface area contributed by atoms with Gasteiger partial charge in [0.1, 0.15) is 12.0 Å². The van der Waals surface area contributed by atoms with E-state index in [1.165, 1.54) is 7.11 Å². The smallest absolute Gasteiger partial charge is 0.313 e. The van der Waals surface area contributed by atoms with Crippen LogP contribution in [0.4, 0.5) is 0 Å². The van der Waals surface area contributed by atoms with E-state index in [2.05, 4.69) is 10.8 Å². The van der Waals surface area contributed by atoms with Gasteiger partial charge in [-0.2, -0.15) is 10.3 Å². The third-order valence-corrected chi connectivity index (χ3v) is 7.93. The molecule has 8 nitrogen and oxygen atoms in total.